The summed E-state index contributed by atoms with van der Waals surface area (Å²) in [5, 5.41) is 9.42. The molecule has 2 aromatic rings. The van der Waals surface area contributed by atoms with Crippen molar-refractivity contribution in [3.63, 3.8) is 0 Å². The smallest absolute Gasteiger partial charge is 0.231 e. The van der Waals surface area contributed by atoms with Gasteiger partial charge in [0.25, 0.3) is 0 Å². The third kappa shape index (κ3) is 2.60. The van der Waals surface area contributed by atoms with Crippen LogP contribution >= 0.6 is 0 Å². The maximum Gasteiger partial charge on any atom is 0.231 e. The van der Waals surface area contributed by atoms with E-state index in [0.717, 1.165) is 11.3 Å². The lowest BCUT2D eigenvalue weighted by molar-refractivity contribution is 0.101. The van der Waals surface area contributed by atoms with Gasteiger partial charge in [0.05, 0.1) is 12.2 Å². The third-order valence-electron chi connectivity index (χ3n) is 3.14. The summed E-state index contributed by atoms with van der Waals surface area (Å²) in [4.78, 5) is 12.2. The molecule has 1 aliphatic rings. The fourth-order valence-electron chi connectivity index (χ4n) is 2.15. The summed E-state index contributed by atoms with van der Waals surface area (Å²) in [6.45, 7) is 2.54. The van der Waals surface area contributed by atoms with Crippen LogP contribution in [0.5, 0.6) is 17.2 Å². The van der Waals surface area contributed by atoms with Crippen molar-refractivity contribution in [1.29, 1.82) is 0 Å². The number of ketones is 1. The second kappa shape index (κ2) is 5.32. The van der Waals surface area contributed by atoms with E-state index in [1.165, 1.54) is 12.1 Å². The van der Waals surface area contributed by atoms with Crippen molar-refractivity contribution in [3.8, 4) is 17.2 Å². The molecule has 4 nitrogen and oxygen atoms in total. The van der Waals surface area contributed by atoms with Crippen LogP contribution in [0.15, 0.2) is 48.2 Å². The van der Waals surface area contributed by atoms with Gasteiger partial charge in [0.15, 0.2) is 5.76 Å². The Morgan fingerprint density at radius 3 is 2.67 bits per heavy atom. The highest BCUT2D eigenvalue weighted by molar-refractivity contribution is 6.14. The number of rotatable bonds is 3. The van der Waals surface area contributed by atoms with E-state index in [1.54, 1.807) is 12.1 Å². The first-order chi connectivity index (χ1) is 10.2. The minimum atomic E-state index is -0.182. The van der Waals surface area contributed by atoms with Crippen LogP contribution in [0, 0.1) is 0 Å². The molecule has 0 unspecified atom stereocenters. The molecule has 0 aromatic heterocycles. The largest absolute Gasteiger partial charge is 0.508 e. The summed E-state index contributed by atoms with van der Waals surface area (Å²) in [6, 6.07) is 11.9. The number of hydrogen-bond donors (Lipinski definition) is 1. The molecule has 0 bridgehead atoms. The topological polar surface area (TPSA) is 55.8 Å². The van der Waals surface area contributed by atoms with Crippen LogP contribution in [-0.4, -0.2) is 17.5 Å². The van der Waals surface area contributed by atoms with E-state index in [0.29, 0.717) is 17.9 Å². The molecule has 0 amide bonds. The normalized spacial score (nSPS) is 14.9. The summed E-state index contributed by atoms with van der Waals surface area (Å²) >= 11 is 0. The lowest BCUT2D eigenvalue weighted by Gasteiger charge is -2.03. The lowest BCUT2D eigenvalue weighted by Crippen LogP contribution is -1.98. The first-order valence-electron chi connectivity index (χ1n) is 6.67. The molecule has 0 spiro atoms. The number of hydrogen-bond acceptors (Lipinski definition) is 4. The predicted octanol–water partition coefficient (Wildman–Crippen LogP) is 3.41. The predicted molar refractivity (Wildman–Crippen MR) is 78.7 cm³/mol. The maximum atomic E-state index is 12.2. The minimum Gasteiger partial charge on any atom is -0.508 e. The number of carbonyl (C=O) groups is 1. The van der Waals surface area contributed by atoms with Crippen molar-refractivity contribution < 1.29 is 19.4 Å². The Kier molecular flexibility index (Phi) is 3.36. The molecule has 0 radical (unpaired) electrons. The zero-order valence-electron chi connectivity index (χ0n) is 11.5. The van der Waals surface area contributed by atoms with E-state index >= 15 is 0 Å². The summed E-state index contributed by atoms with van der Waals surface area (Å²) in [7, 11) is 0. The Hall–Kier alpha value is -2.75. The Morgan fingerprint density at radius 1 is 1.19 bits per heavy atom. The van der Waals surface area contributed by atoms with Crippen LogP contribution in [0.25, 0.3) is 6.08 Å². The monoisotopic (exact) mass is 282 g/mol. The molecule has 106 valence electrons. The Morgan fingerprint density at radius 2 is 1.95 bits per heavy atom. The van der Waals surface area contributed by atoms with Crippen LogP contribution in [0.1, 0.15) is 22.8 Å². The summed E-state index contributed by atoms with van der Waals surface area (Å²) in [5.41, 5.74) is 1.31. The number of aromatic hydroxyl groups is 1. The van der Waals surface area contributed by atoms with E-state index < -0.39 is 0 Å². The highest BCUT2D eigenvalue weighted by Crippen LogP contribution is 2.34. The van der Waals surface area contributed by atoms with Crippen LogP contribution < -0.4 is 9.47 Å². The van der Waals surface area contributed by atoms with Crippen molar-refractivity contribution in [2.45, 2.75) is 6.92 Å². The van der Waals surface area contributed by atoms with Gasteiger partial charge in [-0.2, -0.15) is 0 Å². The number of carbonyl (C=O) groups excluding carboxylic acids is 1. The van der Waals surface area contributed by atoms with E-state index in [1.807, 2.05) is 31.2 Å². The van der Waals surface area contributed by atoms with Crippen LogP contribution in [0.3, 0.4) is 0 Å². The van der Waals surface area contributed by atoms with Crippen LogP contribution in [0.4, 0.5) is 0 Å². The van der Waals surface area contributed by atoms with Gasteiger partial charge < -0.3 is 14.6 Å². The van der Waals surface area contributed by atoms with Gasteiger partial charge in [-0.05, 0) is 42.8 Å². The molecule has 0 fully saturated rings. The van der Waals surface area contributed by atoms with Crippen molar-refractivity contribution in [2.24, 2.45) is 0 Å². The first-order valence-corrected chi connectivity index (χ1v) is 6.67. The Bertz CT molecular complexity index is 714. The number of allylic oxidation sites excluding steroid dienone is 1. The number of benzene rings is 2. The number of ether oxygens (including phenoxy) is 2. The van der Waals surface area contributed by atoms with Gasteiger partial charge >= 0.3 is 0 Å². The van der Waals surface area contributed by atoms with Gasteiger partial charge in [-0.25, -0.2) is 0 Å². The van der Waals surface area contributed by atoms with Gasteiger partial charge in [0.1, 0.15) is 17.2 Å². The van der Waals surface area contributed by atoms with Gasteiger partial charge in [0, 0.05) is 6.07 Å². The van der Waals surface area contributed by atoms with Crippen LogP contribution in [-0.2, 0) is 0 Å². The van der Waals surface area contributed by atoms with Gasteiger partial charge in [-0.3, -0.25) is 4.79 Å². The Balaban J connectivity index is 1.86. The molecule has 0 aliphatic carbocycles. The molecule has 4 heteroatoms. The Labute approximate surface area is 122 Å². The minimum absolute atomic E-state index is 0.0730. The zero-order valence-corrected chi connectivity index (χ0v) is 11.5. The molecule has 1 heterocycles. The second-order valence-corrected chi connectivity index (χ2v) is 4.62. The fourth-order valence-corrected chi connectivity index (χ4v) is 2.15. The molecule has 0 atom stereocenters. The van der Waals surface area contributed by atoms with Crippen molar-refractivity contribution >= 4 is 11.9 Å². The highest BCUT2D eigenvalue weighted by Gasteiger charge is 2.27. The molecule has 2 aromatic carbocycles. The average Bonchev–Trinajstić information content (AvgIpc) is 2.77. The zero-order chi connectivity index (χ0) is 14.8. The van der Waals surface area contributed by atoms with E-state index in [-0.39, 0.29) is 17.3 Å². The molecule has 0 saturated heterocycles. The number of Topliss-reactive ketones (excluding diaryl/α,β-unsaturated/α-hetero) is 1. The lowest BCUT2D eigenvalue weighted by atomic mass is 10.1. The number of fused-ring (bicyclic) bond motifs is 1. The molecular weight excluding hydrogens is 268 g/mol. The molecule has 3 rings (SSSR count). The number of phenols is 1. The second-order valence-electron chi connectivity index (χ2n) is 4.62. The van der Waals surface area contributed by atoms with Gasteiger partial charge in [-0.15, -0.1) is 0 Å². The summed E-state index contributed by atoms with van der Waals surface area (Å²) < 4.78 is 10.9. The third-order valence-corrected chi connectivity index (χ3v) is 3.14. The van der Waals surface area contributed by atoms with Crippen molar-refractivity contribution in [3.05, 3.63) is 59.4 Å². The standard InChI is InChI=1S/C17H14O4/c1-2-20-13-6-3-11(4-7-13)9-16-17(19)14-8-5-12(18)10-15(14)21-16/h3-10,18H,2H2,1H3. The molecular formula is C17H14O4. The van der Waals surface area contributed by atoms with Gasteiger partial charge in [-0.1, -0.05) is 12.1 Å². The molecule has 21 heavy (non-hydrogen) atoms. The molecule has 0 saturated carbocycles. The number of phenolic OH excluding ortho intramolecular Hbond substituents is 1. The summed E-state index contributed by atoms with van der Waals surface area (Å²) in [6.07, 6.45) is 1.68. The van der Waals surface area contributed by atoms with Crippen molar-refractivity contribution in [2.75, 3.05) is 6.61 Å². The van der Waals surface area contributed by atoms with Crippen molar-refractivity contribution in [1.82, 2.24) is 0 Å². The quantitative estimate of drug-likeness (QED) is 0.876. The SMILES string of the molecule is CCOc1ccc(C=C2Oc3cc(O)ccc3C2=O)cc1. The summed E-state index contributed by atoms with van der Waals surface area (Å²) in [5.74, 6) is 1.31. The van der Waals surface area contributed by atoms with E-state index in [9.17, 15) is 9.90 Å². The van der Waals surface area contributed by atoms with E-state index in [4.69, 9.17) is 9.47 Å². The van der Waals surface area contributed by atoms with Crippen LogP contribution in [0.2, 0.25) is 0 Å². The molecule has 1 aliphatic heterocycles. The first kappa shape index (κ1) is 13.2. The molecule has 1 N–H and O–H groups in total. The average molecular weight is 282 g/mol. The highest BCUT2D eigenvalue weighted by atomic mass is 16.5. The van der Waals surface area contributed by atoms with E-state index in [2.05, 4.69) is 0 Å². The van der Waals surface area contributed by atoms with Gasteiger partial charge in [0.2, 0.25) is 5.78 Å². The maximum absolute atomic E-state index is 12.2. The fraction of sp³-hybridized carbons (Fsp3) is 0.118.